The van der Waals surface area contributed by atoms with Crippen molar-refractivity contribution in [2.24, 2.45) is 0 Å². The fourth-order valence-corrected chi connectivity index (χ4v) is 5.21. The monoisotopic (exact) mass is 462 g/mol. The molecule has 0 spiro atoms. The zero-order valence-electron chi connectivity index (χ0n) is 17.8. The number of carbonyl (C=O) groups excluding carboxylic acids is 1. The predicted octanol–water partition coefficient (Wildman–Crippen LogP) is 1.21. The van der Waals surface area contributed by atoms with Gasteiger partial charge in [-0.25, -0.2) is 8.42 Å². The maximum atomic E-state index is 13.1. The molecule has 1 saturated heterocycles. The first kappa shape index (κ1) is 22.4. The largest absolute Gasteiger partial charge is 0.495 e. The number of para-hydroxylation sites is 2. The smallest absolute Gasteiger partial charge is 0.246 e. The number of methoxy groups -OCH3 is 1. The molecule has 32 heavy (non-hydrogen) atoms. The Kier molecular flexibility index (Phi) is 6.83. The molecule has 1 unspecified atom stereocenters. The van der Waals surface area contributed by atoms with Gasteiger partial charge in [0.25, 0.3) is 0 Å². The number of nitrogens with zero attached hydrogens (tertiary/aromatic N) is 1. The molecule has 0 aliphatic carbocycles. The molecule has 1 atom stereocenters. The van der Waals surface area contributed by atoms with Crippen LogP contribution >= 0.6 is 0 Å². The summed E-state index contributed by atoms with van der Waals surface area (Å²) in [5.41, 5.74) is 0.571. The quantitative estimate of drug-likeness (QED) is 0.660. The van der Waals surface area contributed by atoms with Crippen LogP contribution in [0.5, 0.6) is 17.2 Å². The Hall–Kier alpha value is -2.82. The molecule has 1 fully saturated rings. The van der Waals surface area contributed by atoms with Gasteiger partial charge < -0.3 is 24.3 Å². The Bertz CT molecular complexity index is 1070. The van der Waals surface area contributed by atoms with Gasteiger partial charge >= 0.3 is 0 Å². The van der Waals surface area contributed by atoms with E-state index in [0.717, 1.165) is 0 Å². The van der Waals surface area contributed by atoms with Gasteiger partial charge in [-0.3, -0.25) is 4.79 Å². The highest BCUT2D eigenvalue weighted by atomic mass is 32.2. The normalized spacial score (nSPS) is 18.7. The van der Waals surface area contributed by atoms with Gasteiger partial charge in [0, 0.05) is 13.1 Å². The molecule has 0 aromatic heterocycles. The van der Waals surface area contributed by atoms with Gasteiger partial charge in [-0.2, -0.15) is 4.31 Å². The average Bonchev–Trinajstić information content (AvgIpc) is 2.83. The number of amides is 1. The first-order chi connectivity index (χ1) is 15.5. The molecule has 2 aliphatic rings. The second-order valence-corrected chi connectivity index (χ2v) is 9.39. The topological polar surface area (TPSA) is 103 Å². The van der Waals surface area contributed by atoms with Crippen molar-refractivity contribution in [2.75, 3.05) is 46.6 Å². The molecule has 1 amide bonds. The lowest BCUT2D eigenvalue weighted by Crippen LogP contribution is -2.41. The van der Waals surface area contributed by atoms with E-state index in [1.54, 1.807) is 12.1 Å². The number of rotatable bonds is 7. The highest BCUT2D eigenvalue weighted by Gasteiger charge is 2.29. The van der Waals surface area contributed by atoms with Crippen molar-refractivity contribution in [3.63, 3.8) is 0 Å². The Morgan fingerprint density at radius 2 is 1.91 bits per heavy atom. The minimum absolute atomic E-state index is 0.0276. The third kappa shape index (κ3) is 4.98. The van der Waals surface area contributed by atoms with E-state index in [0.29, 0.717) is 36.9 Å². The van der Waals surface area contributed by atoms with E-state index >= 15 is 0 Å². The van der Waals surface area contributed by atoms with Crippen molar-refractivity contribution in [2.45, 2.75) is 17.4 Å². The molecule has 2 heterocycles. The summed E-state index contributed by atoms with van der Waals surface area (Å²) >= 11 is 0. The molecular formula is C22H26N2O7S. The summed E-state index contributed by atoms with van der Waals surface area (Å²) in [6, 6.07) is 12.1. The summed E-state index contributed by atoms with van der Waals surface area (Å²) in [4.78, 5) is 12.6. The van der Waals surface area contributed by atoms with Crippen LogP contribution < -0.4 is 19.5 Å². The number of sulfonamides is 1. The first-order valence-electron chi connectivity index (χ1n) is 10.4. The maximum Gasteiger partial charge on any atom is 0.246 e. The Balaban J connectivity index is 1.40. The number of hydrogen-bond donors (Lipinski definition) is 1. The lowest BCUT2D eigenvalue weighted by molar-refractivity contribution is -0.120. The zero-order valence-corrected chi connectivity index (χ0v) is 18.6. The van der Waals surface area contributed by atoms with E-state index in [1.807, 2.05) is 24.3 Å². The molecule has 2 aromatic carbocycles. The molecule has 0 saturated carbocycles. The van der Waals surface area contributed by atoms with Crippen LogP contribution in [0.4, 0.5) is 0 Å². The second kappa shape index (κ2) is 9.76. The standard InChI is InChI=1S/C22H26N2O7S/c1-28-20-7-6-16(12-21(20)32(26,27)24-8-10-29-11-9-24)13-22(25)23-14-17-15-30-18-4-2-3-5-19(18)31-17/h2-7,12,17H,8-11,13-15H2,1H3,(H,23,25). The van der Waals surface area contributed by atoms with Gasteiger partial charge in [0.2, 0.25) is 15.9 Å². The van der Waals surface area contributed by atoms with Crippen molar-refractivity contribution in [1.82, 2.24) is 9.62 Å². The van der Waals surface area contributed by atoms with Gasteiger partial charge in [0.15, 0.2) is 11.5 Å². The summed E-state index contributed by atoms with van der Waals surface area (Å²) in [5.74, 6) is 1.33. The van der Waals surface area contributed by atoms with Crippen molar-refractivity contribution >= 4 is 15.9 Å². The molecule has 0 radical (unpaired) electrons. The number of nitrogens with one attached hydrogen (secondary N) is 1. The van der Waals surface area contributed by atoms with Gasteiger partial charge in [0.05, 0.1) is 33.3 Å². The summed E-state index contributed by atoms with van der Waals surface area (Å²) in [6.07, 6.45) is -0.276. The van der Waals surface area contributed by atoms with E-state index in [1.165, 1.54) is 17.5 Å². The fourth-order valence-electron chi connectivity index (χ4n) is 3.60. The maximum absolute atomic E-state index is 13.1. The van der Waals surface area contributed by atoms with E-state index < -0.39 is 10.0 Å². The molecule has 10 heteroatoms. The molecule has 1 N–H and O–H groups in total. The minimum atomic E-state index is -3.76. The van der Waals surface area contributed by atoms with Crippen molar-refractivity contribution < 1.29 is 32.2 Å². The van der Waals surface area contributed by atoms with E-state index in [9.17, 15) is 13.2 Å². The van der Waals surface area contributed by atoms with Gasteiger partial charge in [-0.15, -0.1) is 0 Å². The van der Waals surface area contributed by atoms with Crippen LogP contribution in [0.2, 0.25) is 0 Å². The van der Waals surface area contributed by atoms with Gasteiger partial charge in [-0.1, -0.05) is 18.2 Å². The highest BCUT2D eigenvalue weighted by Crippen LogP contribution is 2.31. The minimum Gasteiger partial charge on any atom is -0.495 e. The number of carbonyl (C=O) groups is 1. The van der Waals surface area contributed by atoms with Crippen LogP contribution in [0.25, 0.3) is 0 Å². The lowest BCUT2D eigenvalue weighted by atomic mass is 10.1. The Morgan fingerprint density at radius 3 is 2.66 bits per heavy atom. The van der Waals surface area contributed by atoms with Gasteiger partial charge in [-0.05, 0) is 29.8 Å². The Labute approximate surface area is 187 Å². The SMILES string of the molecule is COc1ccc(CC(=O)NCC2COc3ccccc3O2)cc1S(=O)(=O)N1CCOCC1. The number of morpholine rings is 1. The number of benzene rings is 2. The number of ether oxygens (including phenoxy) is 4. The molecule has 2 aromatic rings. The highest BCUT2D eigenvalue weighted by molar-refractivity contribution is 7.89. The van der Waals surface area contributed by atoms with E-state index in [-0.39, 0.29) is 48.7 Å². The first-order valence-corrected chi connectivity index (χ1v) is 11.8. The third-order valence-electron chi connectivity index (χ3n) is 5.28. The van der Waals surface area contributed by atoms with Crippen molar-refractivity contribution in [1.29, 1.82) is 0 Å². The summed E-state index contributed by atoms with van der Waals surface area (Å²) in [5, 5.41) is 2.83. The Morgan fingerprint density at radius 1 is 1.16 bits per heavy atom. The van der Waals surface area contributed by atoms with Crippen LogP contribution in [0, 0.1) is 0 Å². The summed E-state index contributed by atoms with van der Waals surface area (Å²) in [7, 11) is -2.34. The van der Waals surface area contributed by atoms with Crippen LogP contribution in [0.15, 0.2) is 47.4 Å². The summed E-state index contributed by atoms with van der Waals surface area (Å²) in [6.45, 7) is 1.87. The second-order valence-electron chi connectivity index (χ2n) is 7.48. The van der Waals surface area contributed by atoms with Crippen molar-refractivity contribution in [3.8, 4) is 17.2 Å². The van der Waals surface area contributed by atoms with E-state index in [2.05, 4.69) is 5.32 Å². The number of hydrogen-bond acceptors (Lipinski definition) is 7. The third-order valence-corrected chi connectivity index (χ3v) is 7.19. The predicted molar refractivity (Wildman–Crippen MR) is 116 cm³/mol. The molecule has 9 nitrogen and oxygen atoms in total. The van der Waals surface area contributed by atoms with E-state index in [4.69, 9.17) is 18.9 Å². The fraction of sp³-hybridized carbons (Fsp3) is 0.409. The molecule has 172 valence electrons. The lowest BCUT2D eigenvalue weighted by Gasteiger charge is -2.27. The molecular weight excluding hydrogens is 436 g/mol. The average molecular weight is 463 g/mol. The van der Waals surface area contributed by atoms with Crippen LogP contribution in [0.1, 0.15) is 5.56 Å². The van der Waals surface area contributed by atoms with Crippen LogP contribution in [-0.4, -0.2) is 71.3 Å². The summed E-state index contributed by atoms with van der Waals surface area (Å²) < 4.78 is 49.6. The molecule has 0 bridgehead atoms. The molecule has 4 rings (SSSR count). The zero-order chi connectivity index (χ0) is 22.6. The van der Waals surface area contributed by atoms with Gasteiger partial charge in [0.1, 0.15) is 23.4 Å². The van der Waals surface area contributed by atoms with Crippen LogP contribution in [-0.2, 0) is 26.0 Å². The number of fused-ring (bicyclic) bond motifs is 1. The molecule has 2 aliphatic heterocycles. The van der Waals surface area contributed by atoms with Crippen molar-refractivity contribution in [3.05, 3.63) is 48.0 Å². The van der Waals surface area contributed by atoms with Crippen LogP contribution in [0.3, 0.4) is 0 Å².